The molecule has 0 aliphatic rings. The van der Waals surface area contributed by atoms with Crippen molar-refractivity contribution in [1.82, 2.24) is 14.7 Å². The lowest BCUT2D eigenvalue weighted by Crippen LogP contribution is -2.21. The Balaban J connectivity index is 2.50. The Labute approximate surface area is 176 Å². The predicted molar refractivity (Wildman–Crippen MR) is 111 cm³/mol. The molecule has 152 valence electrons. The normalized spacial score (nSPS) is 10.9. The Kier molecular flexibility index (Phi) is 6.66. The number of thiophene rings is 1. The smallest absolute Gasteiger partial charge is 0.341 e. The first-order valence-corrected chi connectivity index (χ1v) is 10.1. The molecule has 0 bridgehead atoms. The summed E-state index contributed by atoms with van der Waals surface area (Å²) in [6, 6.07) is 0. The van der Waals surface area contributed by atoms with Gasteiger partial charge in [-0.15, -0.1) is 11.3 Å². The van der Waals surface area contributed by atoms with Crippen molar-refractivity contribution in [3.05, 3.63) is 31.9 Å². The third-order valence-electron chi connectivity index (χ3n) is 4.00. The molecular formula is C18H23BrN4O4S. The molecule has 8 nitrogen and oxygen atoms in total. The number of amides is 2. The number of carbonyl (C=O) groups is 3. The minimum Gasteiger partial charge on any atom is -0.459 e. The summed E-state index contributed by atoms with van der Waals surface area (Å²) in [7, 11) is 4.98. The fourth-order valence-corrected chi connectivity index (χ4v) is 4.14. The van der Waals surface area contributed by atoms with Crippen LogP contribution in [0.3, 0.4) is 0 Å². The van der Waals surface area contributed by atoms with Crippen LogP contribution in [0.4, 0.5) is 5.00 Å². The zero-order chi connectivity index (χ0) is 21.3. The Morgan fingerprint density at radius 1 is 1.25 bits per heavy atom. The lowest BCUT2D eigenvalue weighted by molar-refractivity contribution is 0.0379. The highest BCUT2D eigenvalue weighted by molar-refractivity contribution is 9.10. The van der Waals surface area contributed by atoms with Crippen LogP contribution >= 0.6 is 27.3 Å². The molecule has 2 amide bonds. The maximum Gasteiger partial charge on any atom is 0.341 e. The molecule has 0 unspecified atom stereocenters. The third-order valence-corrected chi connectivity index (χ3v) is 6.14. The number of carbonyl (C=O) groups excluding carboxylic acids is 3. The van der Waals surface area contributed by atoms with Gasteiger partial charge >= 0.3 is 5.97 Å². The van der Waals surface area contributed by atoms with E-state index in [0.29, 0.717) is 14.9 Å². The van der Waals surface area contributed by atoms with Crippen LogP contribution < -0.4 is 5.32 Å². The Bertz CT molecular complexity index is 946. The Morgan fingerprint density at radius 3 is 2.32 bits per heavy atom. The second-order valence-electron chi connectivity index (χ2n) is 6.74. The molecule has 0 radical (unpaired) electrons. The summed E-state index contributed by atoms with van der Waals surface area (Å²) < 4.78 is 7.45. The predicted octanol–water partition coefficient (Wildman–Crippen LogP) is 3.38. The van der Waals surface area contributed by atoms with Gasteiger partial charge in [0, 0.05) is 21.1 Å². The lowest BCUT2D eigenvalue weighted by atomic mass is 10.1. The summed E-state index contributed by atoms with van der Waals surface area (Å²) in [5.41, 5.74) is 1.63. The highest BCUT2D eigenvalue weighted by atomic mass is 79.9. The van der Waals surface area contributed by atoms with Gasteiger partial charge in [0.1, 0.15) is 5.00 Å². The highest BCUT2D eigenvalue weighted by Gasteiger charge is 2.29. The average molecular weight is 471 g/mol. The van der Waals surface area contributed by atoms with Crippen molar-refractivity contribution in [1.29, 1.82) is 0 Å². The SMILES string of the molecule is Cc1c(C(=O)N(C)C)sc(NC(=O)c2nn(C)c(C)c2Br)c1C(=O)OC(C)C. The summed E-state index contributed by atoms with van der Waals surface area (Å²) in [5.74, 6) is -1.33. The summed E-state index contributed by atoms with van der Waals surface area (Å²) in [6.07, 6.45) is -0.337. The molecule has 0 aliphatic heterocycles. The molecule has 0 aliphatic carbocycles. The first-order valence-electron chi connectivity index (χ1n) is 8.52. The van der Waals surface area contributed by atoms with E-state index in [2.05, 4.69) is 26.3 Å². The largest absolute Gasteiger partial charge is 0.459 e. The molecule has 0 saturated carbocycles. The molecule has 2 rings (SSSR count). The average Bonchev–Trinajstić information content (AvgIpc) is 3.04. The van der Waals surface area contributed by atoms with Gasteiger partial charge in [-0.3, -0.25) is 14.3 Å². The van der Waals surface area contributed by atoms with Crippen molar-refractivity contribution in [2.45, 2.75) is 33.8 Å². The van der Waals surface area contributed by atoms with E-state index in [9.17, 15) is 14.4 Å². The third kappa shape index (κ3) is 4.27. The van der Waals surface area contributed by atoms with Gasteiger partial charge in [-0.1, -0.05) is 0 Å². The van der Waals surface area contributed by atoms with E-state index in [1.165, 1.54) is 4.90 Å². The number of hydrogen-bond acceptors (Lipinski definition) is 6. The van der Waals surface area contributed by atoms with Crippen molar-refractivity contribution in [3.63, 3.8) is 0 Å². The van der Waals surface area contributed by atoms with Gasteiger partial charge in [0.05, 0.1) is 26.7 Å². The van der Waals surface area contributed by atoms with E-state index >= 15 is 0 Å². The van der Waals surface area contributed by atoms with Crippen molar-refractivity contribution >= 4 is 50.1 Å². The van der Waals surface area contributed by atoms with Gasteiger partial charge < -0.3 is 15.0 Å². The fraction of sp³-hybridized carbons (Fsp3) is 0.444. The van der Waals surface area contributed by atoms with Crippen LogP contribution in [0.1, 0.15) is 55.6 Å². The number of nitrogens with one attached hydrogen (secondary N) is 1. The summed E-state index contributed by atoms with van der Waals surface area (Å²) in [5, 5.41) is 7.17. The molecule has 0 aromatic carbocycles. The molecule has 2 aromatic heterocycles. The summed E-state index contributed by atoms with van der Waals surface area (Å²) >= 11 is 4.41. The molecule has 0 atom stereocenters. The number of aryl methyl sites for hydroxylation is 1. The fourth-order valence-electron chi connectivity index (χ4n) is 2.42. The minimum absolute atomic E-state index is 0.182. The number of ether oxygens (including phenoxy) is 1. The lowest BCUT2D eigenvalue weighted by Gasteiger charge is -2.11. The molecule has 2 aromatic rings. The zero-order valence-corrected chi connectivity index (χ0v) is 19.2. The molecule has 0 spiro atoms. The number of aromatic nitrogens is 2. The van der Waals surface area contributed by atoms with Gasteiger partial charge in [0.25, 0.3) is 11.8 Å². The van der Waals surface area contributed by atoms with Crippen LogP contribution in [-0.2, 0) is 11.8 Å². The van der Waals surface area contributed by atoms with E-state index < -0.39 is 11.9 Å². The van der Waals surface area contributed by atoms with E-state index in [-0.39, 0.29) is 28.3 Å². The van der Waals surface area contributed by atoms with Gasteiger partial charge in [-0.25, -0.2) is 4.79 Å². The number of nitrogens with zero attached hydrogens (tertiary/aromatic N) is 3. The van der Waals surface area contributed by atoms with Crippen LogP contribution in [0.25, 0.3) is 0 Å². The van der Waals surface area contributed by atoms with Crippen molar-refractivity contribution in [2.24, 2.45) is 7.05 Å². The maximum atomic E-state index is 12.8. The van der Waals surface area contributed by atoms with Crippen LogP contribution in [0.15, 0.2) is 4.47 Å². The van der Waals surface area contributed by atoms with Gasteiger partial charge in [0.2, 0.25) is 0 Å². The molecule has 0 fully saturated rings. The number of rotatable bonds is 5. The Morgan fingerprint density at radius 2 is 1.86 bits per heavy atom. The van der Waals surface area contributed by atoms with E-state index in [1.807, 2.05) is 6.92 Å². The van der Waals surface area contributed by atoms with E-state index in [0.717, 1.165) is 17.0 Å². The number of anilines is 1. The van der Waals surface area contributed by atoms with Crippen molar-refractivity contribution < 1.29 is 19.1 Å². The van der Waals surface area contributed by atoms with E-state index in [1.54, 1.807) is 46.6 Å². The maximum absolute atomic E-state index is 12.8. The molecule has 28 heavy (non-hydrogen) atoms. The van der Waals surface area contributed by atoms with Crippen LogP contribution in [0.5, 0.6) is 0 Å². The molecule has 10 heteroatoms. The van der Waals surface area contributed by atoms with E-state index in [4.69, 9.17) is 4.74 Å². The van der Waals surface area contributed by atoms with Crippen LogP contribution in [-0.4, -0.2) is 52.7 Å². The summed E-state index contributed by atoms with van der Waals surface area (Å²) in [4.78, 5) is 39.7. The zero-order valence-electron chi connectivity index (χ0n) is 16.8. The molecular weight excluding hydrogens is 448 g/mol. The second-order valence-corrected chi connectivity index (χ2v) is 8.55. The standard InChI is InChI=1S/C18H23BrN4O4S/c1-8(2)27-18(26)11-9(3)14(17(25)22(5)6)28-16(11)20-15(24)13-12(19)10(4)23(7)21-13/h8H,1-7H3,(H,20,24). The monoisotopic (exact) mass is 470 g/mol. The molecule has 1 N–H and O–H groups in total. The second kappa shape index (κ2) is 8.44. The van der Waals surface area contributed by atoms with Gasteiger partial charge in [-0.05, 0) is 49.2 Å². The number of halogens is 1. The quantitative estimate of drug-likeness (QED) is 0.675. The van der Waals surface area contributed by atoms with Crippen LogP contribution in [0, 0.1) is 13.8 Å². The van der Waals surface area contributed by atoms with Crippen molar-refractivity contribution in [2.75, 3.05) is 19.4 Å². The number of hydrogen-bond donors (Lipinski definition) is 1. The first kappa shape index (κ1) is 22.1. The Hall–Kier alpha value is -2.20. The highest BCUT2D eigenvalue weighted by Crippen LogP contribution is 2.35. The number of esters is 1. The minimum atomic E-state index is -0.590. The first-order chi connectivity index (χ1) is 13.0. The van der Waals surface area contributed by atoms with Gasteiger partial charge in [-0.2, -0.15) is 5.10 Å². The van der Waals surface area contributed by atoms with Crippen molar-refractivity contribution in [3.8, 4) is 0 Å². The molecule has 2 heterocycles. The summed E-state index contributed by atoms with van der Waals surface area (Å²) in [6.45, 7) is 6.96. The molecule has 0 saturated heterocycles. The topological polar surface area (TPSA) is 93.5 Å². The van der Waals surface area contributed by atoms with Crippen LogP contribution in [0.2, 0.25) is 0 Å². The van der Waals surface area contributed by atoms with Gasteiger partial charge in [0.15, 0.2) is 5.69 Å².